The lowest BCUT2D eigenvalue weighted by atomic mass is 9.92. The highest BCUT2D eigenvalue weighted by Gasteiger charge is 2.17. The summed E-state index contributed by atoms with van der Waals surface area (Å²) in [6.45, 7) is 3.57. The summed E-state index contributed by atoms with van der Waals surface area (Å²) in [6, 6.07) is 7.61. The third kappa shape index (κ3) is 2.16. The first-order valence-electron chi connectivity index (χ1n) is 4.35. The molecule has 0 fully saturated rings. The Hall–Kier alpha value is -1.15. The third-order valence-electron chi connectivity index (χ3n) is 2.21. The van der Waals surface area contributed by atoms with Crippen LogP contribution >= 0.6 is 0 Å². The Morgan fingerprint density at radius 3 is 2.46 bits per heavy atom. The van der Waals surface area contributed by atoms with Gasteiger partial charge >= 0.3 is 0 Å². The Morgan fingerprint density at radius 2 is 2.00 bits per heavy atom. The van der Waals surface area contributed by atoms with Crippen LogP contribution in [0.3, 0.4) is 0 Å². The van der Waals surface area contributed by atoms with Crippen molar-refractivity contribution in [3.05, 3.63) is 35.4 Å². The van der Waals surface area contributed by atoms with Gasteiger partial charge in [0.1, 0.15) is 6.29 Å². The number of hydrogen-bond donors (Lipinski definition) is 1. The van der Waals surface area contributed by atoms with Gasteiger partial charge in [-0.05, 0) is 25.0 Å². The van der Waals surface area contributed by atoms with Crippen LogP contribution in [0.4, 0.5) is 0 Å². The van der Waals surface area contributed by atoms with Crippen LogP contribution < -0.4 is 0 Å². The standard InChI is InChI=1S/C11H14O2/c1-8-5-3-4-6-10(8)11(7-12)9(2)13/h3-7,9,11,13H,1-2H3. The maximum absolute atomic E-state index is 10.7. The Labute approximate surface area is 78.2 Å². The van der Waals surface area contributed by atoms with Crippen molar-refractivity contribution in [2.45, 2.75) is 25.9 Å². The number of aliphatic hydroxyl groups excluding tert-OH is 1. The Morgan fingerprint density at radius 1 is 1.38 bits per heavy atom. The second-order valence-electron chi connectivity index (χ2n) is 3.26. The van der Waals surface area contributed by atoms with E-state index in [9.17, 15) is 9.90 Å². The average Bonchev–Trinajstić information content (AvgIpc) is 2.09. The van der Waals surface area contributed by atoms with E-state index < -0.39 is 12.0 Å². The van der Waals surface area contributed by atoms with Crippen molar-refractivity contribution in [1.82, 2.24) is 0 Å². The van der Waals surface area contributed by atoms with Crippen molar-refractivity contribution in [1.29, 1.82) is 0 Å². The average molecular weight is 178 g/mol. The molecule has 0 radical (unpaired) electrons. The van der Waals surface area contributed by atoms with Crippen molar-refractivity contribution in [2.24, 2.45) is 0 Å². The molecule has 0 heterocycles. The molecule has 1 N–H and O–H groups in total. The van der Waals surface area contributed by atoms with Crippen LogP contribution in [-0.4, -0.2) is 17.5 Å². The zero-order chi connectivity index (χ0) is 9.84. The van der Waals surface area contributed by atoms with Gasteiger partial charge in [0.2, 0.25) is 0 Å². The predicted octanol–water partition coefficient (Wildman–Crippen LogP) is 1.66. The molecule has 0 aliphatic heterocycles. The Bertz CT molecular complexity index is 292. The van der Waals surface area contributed by atoms with Gasteiger partial charge in [0, 0.05) is 0 Å². The minimum absolute atomic E-state index is 0.402. The van der Waals surface area contributed by atoms with Crippen molar-refractivity contribution in [3.63, 3.8) is 0 Å². The summed E-state index contributed by atoms with van der Waals surface area (Å²) in [4.78, 5) is 10.7. The zero-order valence-electron chi connectivity index (χ0n) is 7.90. The van der Waals surface area contributed by atoms with E-state index >= 15 is 0 Å². The van der Waals surface area contributed by atoms with E-state index in [4.69, 9.17) is 0 Å². The summed E-state index contributed by atoms with van der Waals surface area (Å²) in [7, 11) is 0. The molecule has 0 saturated heterocycles. The van der Waals surface area contributed by atoms with E-state index in [1.807, 2.05) is 31.2 Å². The van der Waals surface area contributed by atoms with E-state index in [2.05, 4.69) is 0 Å². The van der Waals surface area contributed by atoms with Crippen LogP contribution in [0.25, 0.3) is 0 Å². The molecule has 0 spiro atoms. The summed E-state index contributed by atoms with van der Waals surface area (Å²) < 4.78 is 0. The van der Waals surface area contributed by atoms with E-state index in [1.54, 1.807) is 6.92 Å². The fourth-order valence-electron chi connectivity index (χ4n) is 1.41. The van der Waals surface area contributed by atoms with Gasteiger partial charge in [0.15, 0.2) is 0 Å². The molecule has 0 aliphatic rings. The fraction of sp³-hybridized carbons (Fsp3) is 0.364. The second kappa shape index (κ2) is 4.19. The molecule has 1 aromatic rings. The number of carbonyl (C=O) groups is 1. The highest BCUT2D eigenvalue weighted by molar-refractivity contribution is 5.64. The summed E-state index contributed by atoms with van der Waals surface area (Å²) >= 11 is 0. The third-order valence-corrected chi connectivity index (χ3v) is 2.21. The first-order valence-corrected chi connectivity index (χ1v) is 4.35. The number of rotatable bonds is 3. The number of aliphatic hydroxyl groups is 1. The number of benzene rings is 1. The number of aldehydes is 1. The first-order chi connectivity index (χ1) is 6.16. The predicted molar refractivity (Wildman–Crippen MR) is 51.7 cm³/mol. The SMILES string of the molecule is Cc1ccccc1C(C=O)C(C)O. The molecule has 0 bridgehead atoms. The quantitative estimate of drug-likeness (QED) is 0.715. The number of aryl methyl sites for hydroxylation is 1. The number of hydrogen-bond acceptors (Lipinski definition) is 2. The highest BCUT2D eigenvalue weighted by atomic mass is 16.3. The van der Waals surface area contributed by atoms with Crippen LogP contribution in [0, 0.1) is 6.92 Å². The molecule has 0 aliphatic carbocycles. The summed E-state index contributed by atoms with van der Waals surface area (Å²) in [5.74, 6) is -0.402. The van der Waals surface area contributed by atoms with Gasteiger partial charge in [-0.3, -0.25) is 0 Å². The van der Waals surface area contributed by atoms with E-state index in [-0.39, 0.29) is 0 Å². The fourth-order valence-corrected chi connectivity index (χ4v) is 1.41. The normalized spacial score (nSPS) is 15.0. The van der Waals surface area contributed by atoms with Crippen molar-refractivity contribution in [2.75, 3.05) is 0 Å². The summed E-state index contributed by atoms with van der Waals surface area (Å²) in [6.07, 6.45) is 0.172. The van der Waals surface area contributed by atoms with Gasteiger partial charge in [-0.1, -0.05) is 24.3 Å². The molecule has 70 valence electrons. The van der Waals surface area contributed by atoms with Crippen molar-refractivity contribution in [3.8, 4) is 0 Å². The van der Waals surface area contributed by atoms with Crippen LogP contribution in [-0.2, 0) is 4.79 Å². The molecule has 2 atom stereocenters. The van der Waals surface area contributed by atoms with Crippen LogP contribution in [0.2, 0.25) is 0 Å². The van der Waals surface area contributed by atoms with E-state index in [1.165, 1.54) is 0 Å². The van der Waals surface area contributed by atoms with E-state index in [0.29, 0.717) is 0 Å². The molecule has 13 heavy (non-hydrogen) atoms. The molecule has 0 amide bonds. The minimum atomic E-state index is -0.626. The van der Waals surface area contributed by atoms with Crippen LogP contribution in [0.5, 0.6) is 0 Å². The molecule has 2 nitrogen and oxygen atoms in total. The monoisotopic (exact) mass is 178 g/mol. The lowest BCUT2D eigenvalue weighted by Gasteiger charge is -2.15. The summed E-state index contributed by atoms with van der Waals surface area (Å²) in [5.41, 5.74) is 1.95. The van der Waals surface area contributed by atoms with Gasteiger partial charge in [-0.2, -0.15) is 0 Å². The smallest absolute Gasteiger partial charge is 0.130 e. The largest absolute Gasteiger partial charge is 0.392 e. The maximum atomic E-state index is 10.7. The van der Waals surface area contributed by atoms with Crippen LogP contribution in [0.1, 0.15) is 24.0 Å². The number of carbonyl (C=O) groups excluding carboxylic acids is 1. The molecule has 2 heteroatoms. The van der Waals surface area contributed by atoms with Crippen molar-refractivity contribution >= 4 is 6.29 Å². The lowest BCUT2D eigenvalue weighted by Crippen LogP contribution is -2.16. The molecule has 2 unspecified atom stereocenters. The Balaban J connectivity index is 3.04. The lowest BCUT2D eigenvalue weighted by molar-refractivity contribution is -0.111. The topological polar surface area (TPSA) is 37.3 Å². The molecular formula is C11H14O2. The van der Waals surface area contributed by atoms with Gasteiger partial charge in [-0.15, -0.1) is 0 Å². The highest BCUT2D eigenvalue weighted by Crippen LogP contribution is 2.20. The van der Waals surface area contributed by atoms with Gasteiger partial charge in [-0.25, -0.2) is 0 Å². The molecule has 1 aromatic carbocycles. The van der Waals surface area contributed by atoms with Gasteiger partial charge in [0.25, 0.3) is 0 Å². The van der Waals surface area contributed by atoms with Gasteiger partial charge < -0.3 is 9.90 Å². The van der Waals surface area contributed by atoms with E-state index in [0.717, 1.165) is 17.4 Å². The first kappa shape index (κ1) is 9.93. The minimum Gasteiger partial charge on any atom is -0.392 e. The zero-order valence-corrected chi connectivity index (χ0v) is 7.90. The molecule has 1 rings (SSSR count). The Kier molecular flexibility index (Phi) is 3.20. The molecular weight excluding hydrogens is 164 g/mol. The molecule has 0 aromatic heterocycles. The summed E-state index contributed by atoms with van der Waals surface area (Å²) in [5, 5.41) is 9.36. The maximum Gasteiger partial charge on any atom is 0.130 e. The van der Waals surface area contributed by atoms with Crippen LogP contribution in [0.15, 0.2) is 24.3 Å². The van der Waals surface area contributed by atoms with Gasteiger partial charge in [0.05, 0.1) is 12.0 Å². The van der Waals surface area contributed by atoms with Crippen molar-refractivity contribution < 1.29 is 9.90 Å². The molecule has 0 saturated carbocycles. The second-order valence-corrected chi connectivity index (χ2v) is 3.26.